The normalized spacial score (nSPS) is 15.6. The number of rotatable bonds is 9. The van der Waals surface area contributed by atoms with Gasteiger partial charge < -0.3 is 20.5 Å². The molecule has 38 heavy (non-hydrogen) atoms. The van der Waals surface area contributed by atoms with Crippen LogP contribution in [0, 0.1) is 0 Å². The summed E-state index contributed by atoms with van der Waals surface area (Å²) < 4.78 is 10.7. The Hall–Kier alpha value is -4.70. The first kappa shape index (κ1) is 26.4. The van der Waals surface area contributed by atoms with Crippen molar-refractivity contribution in [3.8, 4) is 0 Å². The molecule has 0 bridgehead atoms. The van der Waals surface area contributed by atoms with E-state index in [1.165, 1.54) is 5.01 Å². The summed E-state index contributed by atoms with van der Waals surface area (Å²) in [7, 11) is 0. The lowest BCUT2D eigenvalue weighted by Gasteiger charge is -2.32. The molecule has 1 saturated heterocycles. The maximum Gasteiger partial charge on any atom is 0.435 e. The van der Waals surface area contributed by atoms with Crippen LogP contribution < -0.4 is 16.5 Å². The van der Waals surface area contributed by atoms with Crippen LogP contribution >= 0.6 is 0 Å². The van der Waals surface area contributed by atoms with E-state index in [1.807, 2.05) is 60.7 Å². The summed E-state index contributed by atoms with van der Waals surface area (Å²) in [6.45, 7) is 1.07. The Labute approximate surface area is 220 Å². The zero-order valence-electron chi connectivity index (χ0n) is 20.7. The molecule has 10 nitrogen and oxygen atoms in total. The molecule has 4 N–H and O–H groups in total. The maximum absolute atomic E-state index is 12.7. The second-order valence-corrected chi connectivity index (χ2v) is 8.54. The van der Waals surface area contributed by atoms with Crippen molar-refractivity contribution in [3.05, 3.63) is 102 Å². The van der Waals surface area contributed by atoms with E-state index in [2.05, 4.69) is 15.7 Å². The van der Waals surface area contributed by atoms with Gasteiger partial charge in [0.25, 0.3) is 5.91 Å². The number of aliphatic imine (C=N–C) groups is 1. The zero-order chi connectivity index (χ0) is 26.7. The average molecular weight is 516 g/mol. The molecule has 10 heteroatoms. The Kier molecular flexibility index (Phi) is 9.03. The molecular formula is C28H29N5O5. The molecule has 0 radical (unpaired) electrons. The lowest BCUT2D eigenvalue weighted by atomic mass is 10.1. The van der Waals surface area contributed by atoms with Gasteiger partial charge in [-0.2, -0.15) is 4.99 Å². The highest BCUT2D eigenvalue weighted by Gasteiger charge is 2.31. The molecule has 4 rings (SSSR count). The maximum atomic E-state index is 12.7. The molecule has 3 aromatic rings. The third-order valence-corrected chi connectivity index (χ3v) is 5.74. The van der Waals surface area contributed by atoms with Crippen molar-refractivity contribution in [2.75, 3.05) is 18.6 Å². The van der Waals surface area contributed by atoms with Crippen molar-refractivity contribution in [2.45, 2.75) is 25.7 Å². The standard InChI is InChI=1S/C28H29N5O5/c29-26(31-28(36)38-19-21-7-3-1-4-8-21)22-13-11-20(12-14-22)18-30-25(34)17-24-27(35)33(15-16-37-24)32-23-9-5-2-6-10-23/h1-14,24,32H,15-19H2,(H,30,34)(H2,29,31,36). The van der Waals surface area contributed by atoms with E-state index in [4.69, 9.17) is 15.2 Å². The monoisotopic (exact) mass is 515 g/mol. The van der Waals surface area contributed by atoms with Gasteiger partial charge in [-0.3, -0.25) is 20.0 Å². The number of hydrogen-bond acceptors (Lipinski definition) is 6. The van der Waals surface area contributed by atoms with Crippen molar-refractivity contribution in [2.24, 2.45) is 10.7 Å². The molecule has 3 aromatic carbocycles. The van der Waals surface area contributed by atoms with Crippen molar-refractivity contribution in [1.29, 1.82) is 0 Å². The minimum atomic E-state index is -0.861. The van der Waals surface area contributed by atoms with E-state index in [0.717, 1.165) is 16.8 Å². The van der Waals surface area contributed by atoms with Crippen LogP contribution in [0.1, 0.15) is 23.1 Å². The molecule has 196 valence electrons. The van der Waals surface area contributed by atoms with E-state index >= 15 is 0 Å². The topological polar surface area (TPSA) is 135 Å². The lowest BCUT2D eigenvalue weighted by molar-refractivity contribution is -0.154. The van der Waals surface area contributed by atoms with Gasteiger partial charge in [0.05, 0.1) is 25.3 Å². The summed E-state index contributed by atoms with van der Waals surface area (Å²) in [5.41, 5.74) is 12.0. The first-order chi connectivity index (χ1) is 18.5. The van der Waals surface area contributed by atoms with E-state index in [-0.39, 0.29) is 37.2 Å². The zero-order valence-corrected chi connectivity index (χ0v) is 20.7. The van der Waals surface area contributed by atoms with Crippen molar-refractivity contribution >= 4 is 29.4 Å². The molecule has 1 unspecified atom stereocenters. The van der Waals surface area contributed by atoms with E-state index in [9.17, 15) is 14.4 Å². The number of amidine groups is 1. The van der Waals surface area contributed by atoms with Crippen molar-refractivity contribution in [1.82, 2.24) is 10.3 Å². The van der Waals surface area contributed by atoms with Crippen molar-refractivity contribution < 1.29 is 23.9 Å². The largest absolute Gasteiger partial charge is 0.443 e. The summed E-state index contributed by atoms with van der Waals surface area (Å²) in [4.78, 5) is 41.0. The second-order valence-electron chi connectivity index (χ2n) is 8.54. The van der Waals surface area contributed by atoms with Gasteiger partial charge >= 0.3 is 6.09 Å². The smallest absolute Gasteiger partial charge is 0.435 e. The first-order valence-corrected chi connectivity index (χ1v) is 12.1. The van der Waals surface area contributed by atoms with Crippen LogP contribution in [0.15, 0.2) is 89.9 Å². The van der Waals surface area contributed by atoms with Gasteiger partial charge in [-0.15, -0.1) is 0 Å². The predicted molar refractivity (Wildman–Crippen MR) is 142 cm³/mol. The van der Waals surface area contributed by atoms with Crippen LogP contribution in [0.2, 0.25) is 0 Å². The number of ether oxygens (including phenoxy) is 2. The minimum Gasteiger partial charge on any atom is -0.443 e. The lowest BCUT2D eigenvalue weighted by Crippen LogP contribution is -2.51. The summed E-state index contributed by atoms with van der Waals surface area (Å²) in [6.07, 6.45) is -1.73. The fourth-order valence-electron chi connectivity index (χ4n) is 3.72. The number of nitrogens with zero attached hydrogens (tertiary/aromatic N) is 2. The molecule has 1 heterocycles. The number of amides is 3. The van der Waals surface area contributed by atoms with Crippen LogP contribution in [0.4, 0.5) is 10.5 Å². The highest BCUT2D eigenvalue weighted by Crippen LogP contribution is 2.14. The fraction of sp³-hybridized carbons (Fsp3) is 0.214. The minimum absolute atomic E-state index is 0.0280. The van der Waals surface area contributed by atoms with E-state index in [0.29, 0.717) is 18.7 Å². The van der Waals surface area contributed by atoms with Gasteiger partial charge in [-0.1, -0.05) is 72.8 Å². The predicted octanol–water partition coefficient (Wildman–Crippen LogP) is 2.99. The average Bonchev–Trinajstić information content (AvgIpc) is 2.94. The van der Waals surface area contributed by atoms with Crippen LogP contribution in [-0.2, 0) is 32.2 Å². The summed E-state index contributed by atoms with van der Waals surface area (Å²) >= 11 is 0. The number of hydrazine groups is 1. The van der Waals surface area contributed by atoms with Crippen LogP contribution in [0.3, 0.4) is 0 Å². The number of benzene rings is 3. The molecule has 0 saturated carbocycles. The summed E-state index contributed by atoms with van der Waals surface area (Å²) in [6, 6.07) is 25.5. The molecular weight excluding hydrogens is 486 g/mol. The molecule has 0 spiro atoms. The van der Waals surface area contributed by atoms with Gasteiger partial charge in [0.15, 0.2) is 0 Å². The molecule has 1 aliphatic heterocycles. The van der Waals surface area contributed by atoms with E-state index in [1.54, 1.807) is 24.3 Å². The second kappa shape index (κ2) is 13.0. The number of nitrogens with one attached hydrogen (secondary N) is 2. The molecule has 1 atom stereocenters. The van der Waals surface area contributed by atoms with Gasteiger partial charge in [0.1, 0.15) is 18.5 Å². The Balaban J connectivity index is 1.23. The third-order valence-electron chi connectivity index (χ3n) is 5.74. The summed E-state index contributed by atoms with van der Waals surface area (Å²) in [5, 5.41) is 4.27. The van der Waals surface area contributed by atoms with Crippen LogP contribution in [0.5, 0.6) is 0 Å². The molecule has 3 amide bonds. The number of anilines is 1. The highest BCUT2D eigenvalue weighted by atomic mass is 16.5. The summed E-state index contributed by atoms with van der Waals surface area (Å²) in [5.74, 6) is -0.576. The molecule has 0 aliphatic carbocycles. The molecule has 1 aliphatic rings. The van der Waals surface area contributed by atoms with Crippen LogP contribution in [0.25, 0.3) is 0 Å². The number of carbonyl (C=O) groups is 3. The first-order valence-electron chi connectivity index (χ1n) is 12.1. The van der Waals surface area contributed by atoms with Crippen molar-refractivity contribution in [3.63, 3.8) is 0 Å². The number of morpholine rings is 1. The van der Waals surface area contributed by atoms with Gasteiger partial charge in [-0.25, -0.2) is 4.79 Å². The van der Waals surface area contributed by atoms with E-state index < -0.39 is 12.2 Å². The molecule has 1 fully saturated rings. The Morgan fingerprint density at radius 3 is 2.37 bits per heavy atom. The number of nitrogens with two attached hydrogens (primary N) is 1. The fourth-order valence-corrected chi connectivity index (χ4v) is 3.72. The van der Waals surface area contributed by atoms with Gasteiger partial charge in [0.2, 0.25) is 5.91 Å². The van der Waals surface area contributed by atoms with Crippen LogP contribution in [-0.4, -0.2) is 48.0 Å². The highest BCUT2D eigenvalue weighted by molar-refractivity contribution is 6.02. The number of carbonyl (C=O) groups excluding carboxylic acids is 3. The van der Waals surface area contributed by atoms with Gasteiger partial charge in [-0.05, 0) is 23.3 Å². The quantitative estimate of drug-likeness (QED) is 0.294. The van der Waals surface area contributed by atoms with Gasteiger partial charge in [0, 0.05) is 12.1 Å². The SMILES string of the molecule is N/C(=N\C(=O)OCc1ccccc1)c1ccc(CNC(=O)CC2OCCN(Nc3ccccc3)C2=O)cc1. The number of para-hydroxylation sites is 1. The number of hydrogen-bond donors (Lipinski definition) is 3. The Morgan fingerprint density at radius 2 is 1.66 bits per heavy atom. The third kappa shape index (κ3) is 7.65. The Morgan fingerprint density at radius 1 is 0.974 bits per heavy atom. The molecule has 0 aromatic heterocycles. The Bertz CT molecular complexity index is 1270.